The first-order valence-electron chi connectivity index (χ1n) is 10.5. The first-order valence-corrected chi connectivity index (χ1v) is 18.3. The molecule has 0 radical (unpaired) electrons. The van der Waals surface area contributed by atoms with E-state index < -0.39 is 34.0 Å². The van der Waals surface area contributed by atoms with Gasteiger partial charge in [0.15, 0.2) is 0 Å². The van der Waals surface area contributed by atoms with Crippen molar-refractivity contribution in [1.29, 1.82) is 0 Å². The highest BCUT2D eigenvalue weighted by Gasteiger charge is 2.39. The summed E-state index contributed by atoms with van der Waals surface area (Å²) in [5, 5.41) is 3.68. The van der Waals surface area contributed by atoms with Crippen molar-refractivity contribution in [2.24, 2.45) is 0 Å². The van der Waals surface area contributed by atoms with Crippen LogP contribution in [0.15, 0.2) is 46.8 Å². The van der Waals surface area contributed by atoms with E-state index in [9.17, 15) is 9.59 Å². The summed E-state index contributed by atoms with van der Waals surface area (Å²) in [5.41, 5.74) is 2.80. The van der Waals surface area contributed by atoms with Crippen LogP contribution in [0.2, 0.25) is 44.3 Å². The van der Waals surface area contributed by atoms with Gasteiger partial charge in [0.2, 0.25) is 0 Å². The van der Waals surface area contributed by atoms with Crippen LogP contribution in [0.5, 0.6) is 0 Å². The molecular formula is C23H34ClNO4Si2. The summed E-state index contributed by atoms with van der Waals surface area (Å²) in [5.74, 6) is -1.51. The quantitative estimate of drug-likeness (QED) is 0.418. The number of rotatable bonds is 7. The van der Waals surface area contributed by atoms with Gasteiger partial charge in [0.1, 0.15) is 0 Å². The molecule has 0 spiro atoms. The van der Waals surface area contributed by atoms with Crippen molar-refractivity contribution in [3.05, 3.63) is 57.4 Å². The van der Waals surface area contributed by atoms with Gasteiger partial charge < -0.3 is 14.8 Å². The number of dihydropyridines is 1. The molecule has 0 aromatic heterocycles. The van der Waals surface area contributed by atoms with Crippen LogP contribution < -0.4 is 5.32 Å². The number of hydrogen-bond donors (Lipinski definition) is 1. The lowest BCUT2D eigenvalue weighted by molar-refractivity contribution is -0.138. The van der Waals surface area contributed by atoms with Gasteiger partial charge in [-0.05, 0) is 25.5 Å². The number of allylic oxidation sites excluding steroid dienone is 2. The SMILES string of the molecule is CC1=C(C(=O)OC[Si](C)(C)C)C(c2ccccc2Cl)C(C(=O)OC[Si](C)(C)C)=C(C)N1. The van der Waals surface area contributed by atoms with Crippen molar-refractivity contribution in [1.82, 2.24) is 5.32 Å². The minimum absolute atomic E-state index is 0.399. The van der Waals surface area contributed by atoms with E-state index in [1.807, 2.05) is 32.0 Å². The van der Waals surface area contributed by atoms with E-state index in [4.69, 9.17) is 21.1 Å². The summed E-state index contributed by atoms with van der Waals surface area (Å²) in [6, 6.07) is 7.28. The largest absolute Gasteiger partial charge is 0.466 e. The Bertz CT molecular complexity index is 874. The molecule has 0 amide bonds. The first kappa shape index (κ1) is 25.4. The van der Waals surface area contributed by atoms with Gasteiger partial charge in [-0.25, -0.2) is 9.59 Å². The Labute approximate surface area is 192 Å². The standard InChI is InChI=1S/C23H34ClNO4Si2/c1-15-19(22(26)28-13-30(3,4)5)21(17-11-9-10-12-18(17)24)20(16(2)25-15)23(27)29-14-31(6,7)8/h9-12,21,25H,13-14H2,1-8H3. The molecule has 5 nitrogen and oxygen atoms in total. The third kappa shape index (κ3) is 6.82. The van der Waals surface area contributed by atoms with Crippen molar-refractivity contribution in [3.63, 3.8) is 0 Å². The monoisotopic (exact) mass is 479 g/mol. The normalized spacial score (nSPS) is 15.6. The molecular weight excluding hydrogens is 446 g/mol. The number of carbonyl (C=O) groups is 2. The summed E-state index contributed by atoms with van der Waals surface area (Å²) < 4.78 is 11.4. The maximum Gasteiger partial charge on any atom is 0.336 e. The van der Waals surface area contributed by atoms with Crippen LogP contribution in [0.4, 0.5) is 0 Å². The van der Waals surface area contributed by atoms with E-state index in [1.165, 1.54) is 0 Å². The number of ether oxygens (including phenoxy) is 2. The zero-order valence-corrected chi connectivity index (χ0v) is 22.6. The Hall–Kier alpha value is -1.84. The molecule has 8 heteroatoms. The zero-order valence-electron chi connectivity index (χ0n) is 19.8. The predicted octanol–water partition coefficient (Wildman–Crippen LogP) is 5.42. The maximum atomic E-state index is 13.2. The molecule has 0 unspecified atom stereocenters. The summed E-state index contributed by atoms with van der Waals surface area (Å²) in [4.78, 5) is 26.5. The number of nitrogens with one attached hydrogen (secondary N) is 1. The second-order valence-corrected chi connectivity index (χ2v) is 21.7. The Morgan fingerprint density at radius 1 is 0.871 bits per heavy atom. The molecule has 1 aliphatic heterocycles. The molecule has 1 heterocycles. The number of esters is 2. The van der Waals surface area contributed by atoms with Gasteiger partial charge in [0.25, 0.3) is 0 Å². The van der Waals surface area contributed by atoms with Crippen molar-refractivity contribution < 1.29 is 19.1 Å². The molecule has 31 heavy (non-hydrogen) atoms. The molecule has 1 N–H and O–H groups in total. The van der Waals surface area contributed by atoms with Crippen LogP contribution in [0.25, 0.3) is 0 Å². The topological polar surface area (TPSA) is 64.6 Å². The molecule has 0 fully saturated rings. The van der Waals surface area contributed by atoms with Crippen molar-refractivity contribution in [2.45, 2.75) is 59.0 Å². The van der Waals surface area contributed by atoms with Gasteiger partial charge >= 0.3 is 11.9 Å². The average molecular weight is 480 g/mol. The van der Waals surface area contributed by atoms with Crippen LogP contribution in [0.3, 0.4) is 0 Å². The number of carbonyl (C=O) groups excluding carboxylic acids is 2. The average Bonchev–Trinajstić information content (AvgIpc) is 2.63. The summed E-state index contributed by atoms with van der Waals surface area (Å²) in [6.07, 6.45) is 0.798. The highest BCUT2D eigenvalue weighted by Crippen LogP contribution is 2.41. The van der Waals surface area contributed by atoms with E-state index >= 15 is 0 Å². The van der Waals surface area contributed by atoms with Crippen LogP contribution >= 0.6 is 11.6 Å². The fourth-order valence-electron chi connectivity index (χ4n) is 3.27. The number of halogens is 1. The van der Waals surface area contributed by atoms with E-state index in [1.54, 1.807) is 6.07 Å². The minimum atomic E-state index is -1.61. The highest BCUT2D eigenvalue weighted by atomic mass is 35.5. The third-order valence-corrected chi connectivity index (χ3v) is 7.05. The summed E-state index contributed by atoms with van der Waals surface area (Å²) >= 11 is 6.54. The molecule has 1 aromatic rings. The van der Waals surface area contributed by atoms with Crippen molar-refractivity contribution in [3.8, 4) is 0 Å². The Balaban J connectivity index is 2.54. The van der Waals surface area contributed by atoms with E-state index in [0.29, 0.717) is 45.6 Å². The van der Waals surface area contributed by atoms with Crippen LogP contribution in [-0.4, -0.2) is 40.5 Å². The summed E-state index contributed by atoms with van der Waals surface area (Å²) in [7, 11) is -3.23. The van der Waals surface area contributed by atoms with Gasteiger partial charge in [0, 0.05) is 16.4 Å². The fraction of sp³-hybridized carbons (Fsp3) is 0.478. The van der Waals surface area contributed by atoms with E-state index in [2.05, 4.69) is 44.6 Å². The van der Waals surface area contributed by atoms with Crippen LogP contribution in [-0.2, 0) is 19.1 Å². The smallest absolute Gasteiger partial charge is 0.336 e. The molecule has 170 valence electrons. The highest BCUT2D eigenvalue weighted by molar-refractivity contribution is 6.76. The van der Waals surface area contributed by atoms with E-state index in [-0.39, 0.29) is 0 Å². The predicted molar refractivity (Wildman–Crippen MR) is 131 cm³/mol. The second-order valence-electron chi connectivity index (χ2n) is 10.4. The maximum absolute atomic E-state index is 13.2. The lowest BCUT2D eigenvalue weighted by Gasteiger charge is -2.32. The van der Waals surface area contributed by atoms with Gasteiger partial charge in [-0.2, -0.15) is 0 Å². The molecule has 1 aliphatic rings. The van der Waals surface area contributed by atoms with Gasteiger partial charge in [-0.15, -0.1) is 0 Å². The lowest BCUT2D eigenvalue weighted by Crippen LogP contribution is -2.36. The van der Waals surface area contributed by atoms with Crippen molar-refractivity contribution in [2.75, 3.05) is 12.5 Å². The molecule has 0 saturated carbocycles. The fourth-order valence-corrected chi connectivity index (χ4v) is 4.65. The Morgan fingerprint density at radius 3 is 1.68 bits per heavy atom. The van der Waals surface area contributed by atoms with Crippen LogP contribution in [0.1, 0.15) is 25.3 Å². The lowest BCUT2D eigenvalue weighted by atomic mass is 9.80. The van der Waals surface area contributed by atoms with Crippen molar-refractivity contribution >= 4 is 39.7 Å². The molecule has 2 rings (SSSR count). The molecule has 1 aromatic carbocycles. The summed E-state index contributed by atoms with van der Waals surface area (Å²) in [6.45, 7) is 16.5. The van der Waals surface area contributed by atoms with Gasteiger partial charge in [-0.1, -0.05) is 69.1 Å². The molecule has 0 saturated heterocycles. The first-order chi connectivity index (χ1) is 14.2. The minimum Gasteiger partial charge on any atom is -0.466 e. The molecule has 0 atom stereocenters. The number of benzene rings is 1. The third-order valence-electron chi connectivity index (χ3n) is 4.69. The Morgan fingerprint density at radius 2 is 1.29 bits per heavy atom. The van der Waals surface area contributed by atoms with E-state index in [0.717, 1.165) is 0 Å². The molecule has 0 aliphatic carbocycles. The zero-order chi connectivity index (χ0) is 23.6. The van der Waals surface area contributed by atoms with Gasteiger partial charge in [-0.3, -0.25) is 0 Å². The van der Waals surface area contributed by atoms with Crippen LogP contribution in [0, 0.1) is 0 Å². The second kappa shape index (κ2) is 9.75. The van der Waals surface area contributed by atoms with Gasteiger partial charge in [0.05, 0.1) is 45.7 Å². The Kier molecular flexibility index (Phi) is 8.00. The molecule has 0 bridgehead atoms. The number of hydrogen-bond acceptors (Lipinski definition) is 5.